The first kappa shape index (κ1) is 108. The standard InChI is InChI=1S/C60H58F6.C58H60.2CH3F.4F2/c1-55(2,3)39-23-19-35(20-24-39)49-45-29-27-41(57(7,8)9)33-47(45)52(38-16-14-18-44(32-38)60(64,65)66)54-50(36-21-25-40(26-22-36)56(4,5)6)46-30-28-42(58(10,11)12)34-48(46)51(53(49)54)37-15-13-17-43(31-37)59(61,62)63;1-55(2,3)41-27-23-39(24-28-41)49-45-33-31-43(57(7,8)9)35-47(45)52(38-21-17-14-18-22-38)54-50(40-25-29-42(30-26-40)56(4,5)6)46-34-32-44(58(10,11)12)36-48(46)51(53(49)54)37-19-15-13-16-20-37;6*1-2/h13-34H,1-12H3;13-36H,1-12H3;2*1H3;;;;. The van der Waals surface area contributed by atoms with Crippen LogP contribution >= 0.6 is 0 Å². The molecule has 0 spiro atoms. The highest BCUT2D eigenvalue weighted by Gasteiger charge is 2.37. The van der Waals surface area contributed by atoms with E-state index < -0.39 is 23.5 Å². The lowest BCUT2D eigenvalue weighted by atomic mass is 9.75. The van der Waals surface area contributed by atoms with Gasteiger partial charge in [0.2, 0.25) is 0 Å². The maximum absolute atomic E-state index is 14.9. The van der Waals surface area contributed by atoms with Gasteiger partial charge in [0.15, 0.2) is 0 Å². The average Bonchev–Trinajstić information content (AvgIpc) is 0.696. The molecule has 0 radical (unpaired) electrons. The van der Waals surface area contributed by atoms with Gasteiger partial charge >= 0.3 is 12.4 Å². The quantitative estimate of drug-likeness (QED) is 0.105. The Hall–Kier alpha value is -12.0. The van der Waals surface area contributed by atoms with Crippen LogP contribution in [0.4, 0.5) is 71.7 Å². The fraction of sp³-hybridized carbons (Fsp3) is 0.300. The number of benzene rings is 16. The molecule has 0 amide bonds. The highest BCUT2D eigenvalue weighted by atomic mass is 20.0. The van der Waals surface area contributed by atoms with E-state index in [-0.39, 0.29) is 43.3 Å². The van der Waals surface area contributed by atoms with E-state index in [1.807, 2.05) is 0 Å². The summed E-state index contributed by atoms with van der Waals surface area (Å²) in [6.45, 7) is 53.4. The Balaban J connectivity index is 0.000000277. The summed E-state index contributed by atoms with van der Waals surface area (Å²) in [5.41, 5.74) is 22.2. The van der Waals surface area contributed by atoms with E-state index in [2.05, 4.69) is 397 Å². The Kier molecular flexibility index (Phi) is 33.5. The molecule has 0 heterocycles. The van der Waals surface area contributed by atoms with Crippen LogP contribution in [0.25, 0.3) is 154 Å². The molecule has 16 heteroatoms. The molecule has 0 aliphatic heterocycles. The summed E-state index contributed by atoms with van der Waals surface area (Å²) in [5, 5.41) is 12.1. The van der Waals surface area contributed by atoms with Crippen LogP contribution in [0.3, 0.4) is 0 Å². The highest BCUT2D eigenvalue weighted by Crippen LogP contribution is 2.59. The lowest BCUT2D eigenvalue weighted by Gasteiger charge is -2.28. The van der Waals surface area contributed by atoms with Crippen molar-refractivity contribution in [2.45, 2.75) is 222 Å². The molecule has 0 unspecified atom stereocenters. The Bertz CT molecular complexity index is 6400. The van der Waals surface area contributed by atoms with Gasteiger partial charge in [-0.2, -0.15) is 26.3 Å². The van der Waals surface area contributed by atoms with E-state index in [4.69, 9.17) is 36.6 Å². The Morgan fingerprint density at radius 1 is 0.140 bits per heavy atom. The summed E-state index contributed by atoms with van der Waals surface area (Å²) >= 11 is 0. The molecule has 0 aromatic heterocycles. The molecular weight excluding hydrogens is 1750 g/mol. The van der Waals surface area contributed by atoms with Gasteiger partial charge in [0.1, 0.15) is 0 Å². The van der Waals surface area contributed by atoms with Crippen LogP contribution in [0.1, 0.15) is 222 Å². The molecule has 0 fully saturated rings. The van der Waals surface area contributed by atoms with Crippen molar-refractivity contribution in [2.24, 2.45) is 0 Å². The van der Waals surface area contributed by atoms with Crippen LogP contribution in [-0.2, 0) is 55.7 Å². The highest BCUT2D eigenvalue weighted by molar-refractivity contribution is 6.36. The molecule has 0 atom stereocenters. The molecule has 0 saturated carbocycles. The lowest BCUT2D eigenvalue weighted by molar-refractivity contribution is -0.138. The summed E-state index contributed by atoms with van der Waals surface area (Å²) < 4.78 is 172. The molecule has 16 rings (SSSR count). The molecule has 136 heavy (non-hydrogen) atoms. The summed E-state index contributed by atoms with van der Waals surface area (Å²) in [6.07, 6.45) is -9.28. The van der Waals surface area contributed by atoms with Crippen LogP contribution in [0, 0.1) is 0 Å². The van der Waals surface area contributed by atoms with Crippen LogP contribution < -0.4 is 0 Å². The topological polar surface area (TPSA) is 0 Å². The van der Waals surface area contributed by atoms with Crippen LogP contribution in [0.2, 0.25) is 0 Å². The van der Waals surface area contributed by atoms with Crippen molar-refractivity contribution in [3.63, 3.8) is 0 Å². The number of rotatable bonds is 8. The zero-order valence-electron chi connectivity index (χ0n) is 82.6. The normalized spacial score (nSPS) is 12.2. The SMILES string of the molecule is CC(C)(C)c1ccc(-c2c3ccc(C(C)(C)C)cc3c(-c3cccc(C(F)(F)F)c3)c3c(-c4ccc(C(C)(C)C)cc4)c4ccc(C(C)(C)C)cc4c(-c4cccc(C(F)(F)F)c4)c23)cc1.CC(C)(C)c1ccc(-c2c3ccc(C(C)(C)C)cc3c(-c3ccccc3)c3c(-c4ccc(C(C)(C)C)cc4)c4ccc(C(C)(C)C)cc4c(-c4ccccc4)c23)cc1.CF.CF.FF.FF.FF.FF. The summed E-state index contributed by atoms with van der Waals surface area (Å²) in [5.74, 6) is 0. The van der Waals surface area contributed by atoms with E-state index in [0.29, 0.717) is 47.4 Å². The molecule has 0 bridgehead atoms. The molecular formula is C120H124F16. The molecule has 0 N–H and O–H groups in total. The van der Waals surface area contributed by atoms with Crippen molar-refractivity contribution in [3.05, 3.63) is 335 Å². The second-order valence-electron chi connectivity index (χ2n) is 42.7. The van der Waals surface area contributed by atoms with Gasteiger partial charge in [0.25, 0.3) is 0 Å². The monoisotopic (exact) mass is 1870 g/mol. The van der Waals surface area contributed by atoms with E-state index in [0.717, 1.165) is 78.2 Å². The van der Waals surface area contributed by atoms with Crippen molar-refractivity contribution < 1.29 is 71.7 Å². The number of hydrogen-bond acceptors (Lipinski definition) is 0. The van der Waals surface area contributed by atoms with Gasteiger partial charge in [-0.1, -0.05) is 397 Å². The molecule has 16 aromatic carbocycles. The zero-order chi connectivity index (χ0) is 101. The third kappa shape index (κ3) is 22.8. The molecule has 0 aliphatic carbocycles. The second kappa shape index (κ2) is 42.3. The molecule has 0 nitrogen and oxygen atoms in total. The largest absolute Gasteiger partial charge is 0.416 e. The smallest absolute Gasteiger partial charge is 0.255 e. The third-order valence-corrected chi connectivity index (χ3v) is 25.4. The van der Waals surface area contributed by atoms with Gasteiger partial charge in [-0.25, -0.2) is 0 Å². The number of alkyl halides is 8. The van der Waals surface area contributed by atoms with Crippen molar-refractivity contribution in [3.8, 4) is 89.0 Å². The molecule has 0 aliphatic rings. The third-order valence-electron chi connectivity index (χ3n) is 25.4. The predicted molar refractivity (Wildman–Crippen MR) is 544 cm³/mol. The zero-order valence-corrected chi connectivity index (χ0v) is 82.6. The Labute approximate surface area is 791 Å². The van der Waals surface area contributed by atoms with Gasteiger partial charge in [0.05, 0.1) is 25.5 Å². The van der Waals surface area contributed by atoms with Gasteiger partial charge in [-0.05, 0) is 290 Å². The van der Waals surface area contributed by atoms with Crippen LogP contribution in [-0.4, -0.2) is 14.4 Å². The Morgan fingerprint density at radius 2 is 0.294 bits per heavy atom. The second-order valence-corrected chi connectivity index (χ2v) is 42.7. The fourth-order valence-electron chi connectivity index (χ4n) is 18.2. The van der Waals surface area contributed by atoms with E-state index in [1.165, 1.54) is 123 Å². The maximum Gasteiger partial charge on any atom is 0.416 e. The van der Waals surface area contributed by atoms with E-state index >= 15 is 0 Å². The van der Waals surface area contributed by atoms with E-state index in [1.54, 1.807) is 12.1 Å². The Morgan fingerprint density at radius 3 is 0.471 bits per heavy atom. The summed E-state index contributed by atoms with van der Waals surface area (Å²) in [6, 6.07) is 96.2. The van der Waals surface area contributed by atoms with Crippen molar-refractivity contribution in [2.75, 3.05) is 14.4 Å². The van der Waals surface area contributed by atoms with Crippen LogP contribution in [0.5, 0.6) is 0 Å². The lowest BCUT2D eigenvalue weighted by Crippen LogP contribution is -2.12. The minimum absolute atomic E-state index is 0.0286. The number of fused-ring (bicyclic) bond motifs is 6. The minimum atomic E-state index is -4.64. The van der Waals surface area contributed by atoms with Gasteiger partial charge in [-0.3, -0.25) is 8.78 Å². The predicted octanol–water partition coefficient (Wildman–Crippen LogP) is 40.6. The van der Waals surface area contributed by atoms with Crippen molar-refractivity contribution in [1.29, 1.82) is 0 Å². The van der Waals surface area contributed by atoms with Crippen molar-refractivity contribution >= 4 is 64.6 Å². The first-order valence-electron chi connectivity index (χ1n) is 45.2. The van der Waals surface area contributed by atoms with Crippen LogP contribution in [0.15, 0.2) is 279 Å². The van der Waals surface area contributed by atoms with Gasteiger partial charge < -0.3 is 0 Å². The van der Waals surface area contributed by atoms with Gasteiger partial charge in [-0.15, -0.1) is 0 Å². The van der Waals surface area contributed by atoms with Gasteiger partial charge in [0, 0.05) is 36.6 Å². The van der Waals surface area contributed by atoms with Crippen molar-refractivity contribution in [1.82, 2.24) is 0 Å². The van der Waals surface area contributed by atoms with E-state index in [9.17, 15) is 35.1 Å². The molecule has 0 saturated heterocycles. The first-order chi connectivity index (χ1) is 63.8. The molecule has 16 aromatic rings. The average molecular weight is 1870 g/mol. The summed E-state index contributed by atoms with van der Waals surface area (Å²) in [4.78, 5) is 0. The number of halogens is 16. The molecule has 716 valence electrons. The number of hydrogen-bond donors (Lipinski definition) is 0. The summed E-state index contributed by atoms with van der Waals surface area (Å²) in [7, 11) is 1.00. The minimum Gasteiger partial charge on any atom is -0.255 e. The first-order valence-corrected chi connectivity index (χ1v) is 45.2. The fourth-order valence-corrected chi connectivity index (χ4v) is 18.2. The maximum atomic E-state index is 14.9.